The van der Waals surface area contributed by atoms with Gasteiger partial charge < -0.3 is 52.8 Å². The molecule has 9 atom stereocenters. The number of primary amides is 1. The van der Waals surface area contributed by atoms with Gasteiger partial charge in [0, 0.05) is 12.8 Å². The van der Waals surface area contributed by atoms with Crippen LogP contribution in [0.15, 0.2) is 30.3 Å². The zero-order chi connectivity index (χ0) is 48.6. The monoisotopic (exact) mass is 900 g/mol. The minimum absolute atomic E-state index is 0.00651. The quantitative estimate of drug-likeness (QED) is 0.0649. The molecule has 354 valence electrons. The molecule has 8 amide bonds. The van der Waals surface area contributed by atoms with Gasteiger partial charge in [0.1, 0.15) is 42.4 Å². The third kappa shape index (κ3) is 17.5. The fourth-order valence-electron chi connectivity index (χ4n) is 6.55. The molecule has 1 aromatic rings. The molecule has 10 N–H and O–H groups in total. The Morgan fingerprint density at radius 1 is 0.719 bits per heavy atom. The smallest absolute Gasteiger partial charge is 0.328 e. The number of nitrogens with two attached hydrogens (primary N) is 1. The first-order valence-electron chi connectivity index (χ1n) is 21.2. The predicted molar refractivity (Wildman–Crippen MR) is 229 cm³/mol. The first kappa shape index (κ1) is 53.9. The molecule has 0 bridgehead atoms. The number of carbonyl (C=O) groups is 11. The molecule has 1 fully saturated rings. The van der Waals surface area contributed by atoms with Crippen LogP contribution in [0.2, 0.25) is 0 Å². The van der Waals surface area contributed by atoms with Crippen LogP contribution >= 0.6 is 0 Å². The Kier molecular flexibility index (Phi) is 21.2. The number of ether oxygens (including phenoxy) is 1. The van der Waals surface area contributed by atoms with E-state index in [0.29, 0.717) is 5.56 Å². The number of aliphatic hydroxyl groups is 1. The zero-order valence-corrected chi connectivity index (χ0v) is 37.8. The maximum atomic E-state index is 14.2. The van der Waals surface area contributed by atoms with Gasteiger partial charge in [-0.2, -0.15) is 0 Å². The topological polar surface area (TPSA) is 327 Å². The number of benzene rings is 1. The lowest BCUT2D eigenvalue weighted by molar-refractivity contribution is -0.156. The molecule has 0 spiro atoms. The van der Waals surface area contributed by atoms with E-state index < -0.39 is 132 Å². The fraction of sp³-hybridized carbons (Fsp3) is 0.605. The molecule has 1 aliphatic heterocycles. The summed E-state index contributed by atoms with van der Waals surface area (Å²) < 4.78 is 5.50. The number of Topliss-reactive ketones (excluding diaryl/α,β-unsaturated/α-hetero) is 2. The second-order valence-electron chi connectivity index (χ2n) is 17.3. The molecular weight excluding hydrogens is 837 g/mol. The van der Waals surface area contributed by atoms with Gasteiger partial charge in [0.2, 0.25) is 47.1 Å². The second-order valence-corrected chi connectivity index (χ2v) is 17.3. The Balaban J connectivity index is 2.63. The van der Waals surface area contributed by atoms with E-state index in [1.165, 1.54) is 13.8 Å². The summed E-state index contributed by atoms with van der Waals surface area (Å²) in [5, 5.41) is 27.4. The minimum atomic E-state index is -1.94. The van der Waals surface area contributed by atoms with Crippen LogP contribution in [-0.2, 0) is 63.9 Å². The second kappa shape index (κ2) is 25.1. The van der Waals surface area contributed by atoms with Gasteiger partial charge >= 0.3 is 5.97 Å². The third-order valence-corrected chi connectivity index (χ3v) is 9.79. The molecule has 1 aliphatic rings. The van der Waals surface area contributed by atoms with Crippen molar-refractivity contribution in [1.29, 1.82) is 0 Å². The van der Waals surface area contributed by atoms with Crippen LogP contribution < -0.4 is 43.0 Å². The van der Waals surface area contributed by atoms with E-state index in [2.05, 4.69) is 37.2 Å². The maximum Gasteiger partial charge on any atom is 0.328 e. The summed E-state index contributed by atoms with van der Waals surface area (Å²) >= 11 is 0. The van der Waals surface area contributed by atoms with Gasteiger partial charge in [0.15, 0.2) is 0 Å². The lowest BCUT2D eigenvalue weighted by Gasteiger charge is -2.31. The highest BCUT2D eigenvalue weighted by atomic mass is 16.5. The summed E-state index contributed by atoms with van der Waals surface area (Å²) in [7, 11) is 0. The van der Waals surface area contributed by atoms with E-state index in [4.69, 9.17) is 10.5 Å². The molecule has 0 aliphatic carbocycles. The number of ketones is 2. The predicted octanol–water partition coefficient (Wildman–Crippen LogP) is -1.88. The largest absolute Gasteiger partial charge is 0.458 e. The SMILES string of the molecule is CC(C)CC(=O)N[C@@H](Cc1ccccc1)C(=O)N[C@H](C(=O)N[C@@H]1C(=O)NC(CC(C)C)C(=O)C(=O)C(=O)NC(CC(C)C)C(=O)NC(CC(N)=O)C(=O)N[C@H](C)C(=O)O[C@@H]1C)[C@@H](C)O. The van der Waals surface area contributed by atoms with Gasteiger partial charge in [0.05, 0.1) is 18.6 Å². The van der Waals surface area contributed by atoms with Crippen molar-refractivity contribution in [2.24, 2.45) is 23.5 Å². The van der Waals surface area contributed by atoms with Gasteiger partial charge in [-0.15, -0.1) is 0 Å². The van der Waals surface area contributed by atoms with Gasteiger partial charge in [-0.25, -0.2) is 4.79 Å². The van der Waals surface area contributed by atoms with Crippen molar-refractivity contribution in [2.45, 2.75) is 149 Å². The number of aliphatic hydroxyl groups excluding tert-OH is 1. The number of hydrogen-bond donors (Lipinski definition) is 9. The van der Waals surface area contributed by atoms with E-state index in [9.17, 15) is 57.8 Å². The molecule has 3 unspecified atom stereocenters. The summed E-state index contributed by atoms with van der Waals surface area (Å²) in [4.78, 5) is 147. The lowest BCUT2D eigenvalue weighted by atomic mass is 9.96. The molecule has 1 aromatic carbocycles. The number of carbonyl (C=O) groups excluding carboxylic acids is 11. The number of nitrogens with one attached hydrogen (secondary N) is 7. The summed E-state index contributed by atoms with van der Waals surface area (Å²) in [6, 6.07) is -2.76. The number of hydrogen-bond acceptors (Lipinski definition) is 13. The van der Waals surface area contributed by atoms with Crippen molar-refractivity contribution in [3.8, 4) is 0 Å². The van der Waals surface area contributed by atoms with Crippen LogP contribution in [-0.4, -0.2) is 124 Å². The van der Waals surface area contributed by atoms with Crippen LogP contribution in [0.25, 0.3) is 0 Å². The summed E-state index contributed by atoms with van der Waals surface area (Å²) in [6.45, 7) is 13.8. The van der Waals surface area contributed by atoms with Crippen molar-refractivity contribution >= 4 is 64.8 Å². The summed E-state index contributed by atoms with van der Waals surface area (Å²) in [6.07, 6.45) is -4.31. The van der Waals surface area contributed by atoms with Crippen LogP contribution in [0, 0.1) is 17.8 Å². The standard InChI is InChI=1S/C43H64N8O13/c1-20(2)15-27-35(55)36(56)42(62)49-28(16-21(3)4)38(58)48-30(19-31(44)53)37(57)45-23(7)43(63)64-25(9)34(41(61)47-27)51-40(60)33(24(8)52)50-39(59)29(46-32(54)17-22(5)6)18-26-13-11-10-12-14-26/h10-14,20-25,27-30,33-34,52H,15-19H2,1-9H3,(H2,44,53)(H,45,57)(H,46,54)(H,47,61)(H,48,58)(H,49,62)(H,50,59)(H,51,60)/t23-,24-,25-,27?,28?,29+,30?,33+,34+/m1/s1. The van der Waals surface area contributed by atoms with Crippen LogP contribution in [0.1, 0.15) is 93.6 Å². The van der Waals surface area contributed by atoms with Crippen molar-refractivity contribution in [1.82, 2.24) is 37.2 Å². The van der Waals surface area contributed by atoms with E-state index >= 15 is 0 Å². The van der Waals surface area contributed by atoms with Gasteiger partial charge in [-0.3, -0.25) is 47.9 Å². The maximum absolute atomic E-state index is 14.2. The molecular formula is C43H64N8O13. The Morgan fingerprint density at radius 3 is 1.83 bits per heavy atom. The minimum Gasteiger partial charge on any atom is -0.458 e. The summed E-state index contributed by atoms with van der Waals surface area (Å²) in [5.74, 6) is -13.4. The van der Waals surface area contributed by atoms with Crippen molar-refractivity contribution in [3.05, 3.63) is 35.9 Å². The number of amides is 8. The molecule has 1 saturated heterocycles. The van der Waals surface area contributed by atoms with Gasteiger partial charge in [-0.05, 0) is 56.9 Å². The molecule has 2 rings (SSSR count). The molecule has 21 heteroatoms. The van der Waals surface area contributed by atoms with Crippen molar-refractivity contribution in [3.63, 3.8) is 0 Å². The third-order valence-electron chi connectivity index (χ3n) is 9.79. The normalized spacial score (nSPS) is 23.3. The van der Waals surface area contributed by atoms with Gasteiger partial charge in [0.25, 0.3) is 11.7 Å². The van der Waals surface area contributed by atoms with E-state index in [-0.39, 0.29) is 37.5 Å². The van der Waals surface area contributed by atoms with Crippen molar-refractivity contribution in [2.75, 3.05) is 0 Å². The van der Waals surface area contributed by atoms with Gasteiger partial charge in [-0.1, -0.05) is 71.9 Å². The van der Waals surface area contributed by atoms with Crippen LogP contribution in [0.4, 0.5) is 0 Å². The Morgan fingerprint density at radius 2 is 1.28 bits per heavy atom. The first-order chi connectivity index (χ1) is 29.8. The van der Waals surface area contributed by atoms with Crippen LogP contribution in [0.3, 0.4) is 0 Å². The number of rotatable bonds is 16. The van der Waals surface area contributed by atoms with E-state index in [1.807, 2.05) is 13.8 Å². The van der Waals surface area contributed by atoms with Crippen molar-refractivity contribution < 1.29 is 62.6 Å². The highest BCUT2D eigenvalue weighted by Gasteiger charge is 2.40. The number of cyclic esters (lactones) is 1. The van der Waals surface area contributed by atoms with Crippen LogP contribution in [0.5, 0.6) is 0 Å². The molecule has 21 nitrogen and oxygen atoms in total. The average Bonchev–Trinajstić information content (AvgIpc) is 3.18. The molecule has 0 radical (unpaired) electrons. The highest BCUT2D eigenvalue weighted by Crippen LogP contribution is 2.13. The molecule has 64 heavy (non-hydrogen) atoms. The molecule has 0 saturated carbocycles. The Hall–Kier alpha value is -6.25. The Labute approximate surface area is 372 Å². The molecule has 1 heterocycles. The average molecular weight is 901 g/mol. The summed E-state index contributed by atoms with van der Waals surface area (Å²) in [5.41, 5.74) is 5.99. The Bertz CT molecular complexity index is 1890. The lowest BCUT2D eigenvalue weighted by Crippen LogP contribution is -2.63. The zero-order valence-electron chi connectivity index (χ0n) is 37.8. The fourth-order valence-corrected chi connectivity index (χ4v) is 6.55. The highest BCUT2D eigenvalue weighted by molar-refractivity contribution is 6.64. The first-order valence-corrected chi connectivity index (χ1v) is 21.2. The number of esters is 1. The van der Waals surface area contributed by atoms with E-state index in [0.717, 1.165) is 6.92 Å². The molecule has 0 aromatic heterocycles. The van der Waals surface area contributed by atoms with E-state index in [1.54, 1.807) is 58.0 Å².